The highest BCUT2D eigenvalue weighted by Gasteiger charge is 2.03. The molecule has 0 aromatic carbocycles. The van der Waals surface area contributed by atoms with E-state index in [1.165, 1.54) is 4.88 Å². The summed E-state index contributed by atoms with van der Waals surface area (Å²) >= 11 is 1.68. The van der Waals surface area contributed by atoms with Gasteiger partial charge in [0, 0.05) is 34.6 Å². The van der Waals surface area contributed by atoms with Crippen molar-refractivity contribution < 1.29 is 5.11 Å². The molecular weight excluding hydrogens is 232 g/mol. The van der Waals surface area contributed by atoms with Gasteiger partial charge in [0.1, 0.15) is 12.4 Å². The van der Waals surface area contributed by atoms with E-state index in [0.29, 0.717) is 0 Å². The number of hydrogen-bond donors (Lipinski definition) is 1. The number of thiophene rings is 1. The molecule has 0 saturated heterocycles. The van der Waals surface area contributed by atoms with Crippen LogP contribution in [0, 0.1) is 11.8 Å². The summed E-state index contributed by atoms with van der Waals surface area (Å²) in [6, 6.07) is 2.06. The zero-order valence-corrected chi connectivity index (χ0v) is 10.5. The summed E-state index contributed by atoms with van der Waals surface area (Å²) in [6.45, 7) is 2.85. The first-order chi connectivity index (χ1) is 8.33. The maximum absolute atomic E-state index is 8.63. The number of aryl methyl sites for hydroxylation is 1. The largest absolute Gasteiger partial charge is 0.384 e. The lowest BCUT2D eigenvalue weighted by Gasteiger charge is -2.03. The van der Waals surface area contributed by atoms with Crippen LogP contribution in [-0.2, 0) is 13.0 Å². The summed E-state index contributed by atoms with van der Waals surface area (Å²) in [7, 11) is 0. The van der Waals surface area contributed by atoms with Gasteiger partial charge < -0.3 is 9.67 Å². The summed E-state index contributed by atoms with van der Waals surface area (Å²) in [6.07, 6.45) is 4.77. The van der Waals surface area contributed by atoms with Gasteiger partial charge in [-0.15, -0.1) is 11.3 Å². The fraction of sp³-hybridized carbons (Fsp3) is 0.308. The van der Waals surface area contributed by atoms with Crippen LogP contribution < -0.4 is 0 Å². The van der Waals surface area contributed by atoms with Gasteiger partial charge in [0.25, 0.3) is 0 Å². The first kappa shape index (κ1) is 11.9. The lowest BCUT2D eigenvalue weighted by Crippen LogP contribution is -2.01. The van der Waals surface area contributed by atoms with Gasteiger partial charge in [-0.25, -0.2) is 4.98 Å². The molecule has 17 heavy (non-hydrogen) atoms. The normalized spacial score (nSPS) is 10.0. The molecule has 2 heterocycles. The summed E-state index contributed by atoms with van der Waals surface area (Å²) in [5, 5.41) is 10.6. The van der Waals surface area contributed by atoms with Gasteiger partial charge >= 0.3 is 0 Å². The van der Waals surface area contributed by atoms with Crippen LogP contribution in [0.5, 0.6) is 0 Å². The SMILES string of the molecule is CCc1nccn1Cc1cc(C#CCO)cs1. The molecule has 2 aromatic rings. The van der Waals surface area contributed by atoms with Crippen LogP contribution in [0.15, 0.2) is 23.8 Å². The summed E-state index contributed by atoms with van der Waals surface area (Å²) in [5.74, 6) is 6.66. The number of hydrogen-bond acceptors (Lipinski definition) is 3. The molecule has 0 unspecified atom stereocenters. The number of rotatable bonds is 3. The Kier molecular flexibility index (Phi) is 3.97. The van der Waals surface area contributed by atoms with Crippen molar-refractivity contribution in [2.24, 2.45) is 0 Å². The van der Waals surface area contributed by atoms with Crippen molar-refractivity contribution in [3.63, 3.8) is 0 Å². The van der Waals surface area contributed by atoms with E-state index < -0.39 is 0 Å². The zero-order chi connectivity index (χ0) is 12.1. The second-order valence-corrected chi connectivity index (χ2v) is 4.58. The van der Waals surface area contributed by atoms with Crippen LogP contribution in [0.25, 0.3) is 0 Å². The number of aliphatic hydroxyl groups excluding tert-OH is 1. The van der Waals surface area contributed by atoms with Gasteiger partial charge in [0.2, 0.25) is 0 Å². The Bertz CT molecular complexity index is 545. The van der Waals surface area contributed by atoms with Crippen molar-refractivity contribution in [1.29, 1.82) is 0 Å². The third-order valence-electron chi connectivity index (χ3n) is 2.41. The lowest BCUT2D eigenvalue weighted by atomic mass is 10.3. The predicted molar refractivity (Wildman–Crippen MR) is 69.0 cm³/mol. The quantitative estimate of drug-likeness (QED) is 0.840. The van der Waals surface area contributed by atoms with E-state index in [1.807, 2.05) is 17.8 Å². The summed E-state index contributed by atoms with van der Waals surface area (Å²) < 4.78 is 2.15. The van der Waals surface area contributed by atoms with Gasteiger partial charge in [-0.2, -0.15) is 0 Å². The van der Waals surface area contributed by atoms with Crippen molar-refractivity contribution in [3.8, 4) is 11.8 Å². The molecule has 3 nitrogen and oxygen atoms in total. The predicted octanol–water partition coefficient (Wildman–Crippen LogP) is 1.90. The number of aromatic nitrogens is 2. The molecule has 0 bridgehead atoms. The van der Waals surface area contributed by atoms with Gasteiger partial charge in [-0.05, 0) is 6.07 Å². The maximum Gasteiger partial charge on any atom is 0.108 e. The van der Waals surface area contributed by atoms with Crippen molar-refractivity contribution in [1.82, 2.24) is 9.55 Å². The standard InChI is InChI=1S/C13H14N2OS/c1-2-13-14-5-6-15(13)9-12-8-11(10-17-12)4-3-7-16/h5-6,8,10,16H,2,7,9H2,1H3. The second kappa shape index (κ2) is 5.67. The van der Waals surface area contributed by atoms with Crippen molar-refractivity contribution >= 4 is 11.3 Å². The highest BCUT2D eigenvalue weighted by Crippen LogP contribution is 2.16. The Hall–Kier alpha value is -1.57. The first-order valence-corrected chi connectivity index (χ1v) is 6.38. The molecule has 0 radical (unpaired) electrons. The molecule has 0 atom stereocenters. The van der Waals surface area contributed by atoms with Crippen molar-refractivity contribution in [2.45, 2.75) is 19.9 Å². The van der Waals surface area contributed by atoms with Crippen LogP contribution in [0.1, 0.15) is 23.2 Å². The molecule has 0 fully saturated rings. The Morgan fingerprint density at radius 3 is 3.18 bits per heavy atom. The van der Waals surface area contributed by atoms with E-state index in [4.69, 9.17) is 5.11 Å². The third-order valence-corrected chi connectivity index (χ3v) is 3.33. The molecule has 1 N–H and O–H groups in total. The molecule has 88 valence electrons. The minimum absolute atomic E-state index is 0.0906. The molecular formula is C13H14N2OS. The smallest absolute Gasteiger partial charge is 0.108 e. The molecule has 0 amide bonds. The number of nitrogens with zero attached hydrogens (tertiary/aromatic N) is 2. The van der Waals surface area contributed by atoms with Crippen molar-refractivity contribution in [2.75, 3.05) is 6.61 Å². The van der Waals surface area contributed by atoms with Gasteiger partial charge in [-0.3, -0.25) is 0 Å². The van der Waals surface area contributed by atoms with E-state index in [2.05, 4.69) is 34.4 Å². The van der Waals surface area contributed by atoms with E-state index in [1.54, 1.807) is 11.3 Å². The molecule has 0 aliphatic carbocycles. The zero-order valence-electron chi connectivity index (χ0n) is 9.68. The lowest BCUT2D eigenvalue weighted by molar-refractivity contribution is 0.350. The average Bonchev–Trinajstić information content (AvgIpc) is 2.96. The number of imidazole rings is 1. The van der Waals surface area contributed by atoms with E-state index in [-0.39, 0.29) is 6.61 Å². The van der Waals surface area contributed by atoms with Crippen LogP contribution >= 0.6 is 11.3 Å². The maximum atomic E-state index is 8.63. The molecule has 0 spiro atoms. The highest BCUT2D eigenvalue weighted by atomic mass is 32.1. The monoisotopic (exact) mass is 246 g/mol. The third kappa shape index (κ3) is 2.96. The molecule has 4 heteroatoms. The van der Waals surface area contributed by atoms with Crippen LogP contribution in [0.4, 0.5) is 0 Å². The van der Waals surface area contributed by atoms with Crippen LogP contribution in [-0.4, -0.2) is 21.3 Å². The average molecular weight is 246 g/mol. The summed E-state index contributed by atoms with van der Waals surface area (Å²) in [5.41, 5.74) is 0.970. The Balaban J connectivity index is 2.11. The minimum Gasteiger partial charge on any atom is -0.384 e. The fourth-order valence-corrected chi connectivity index (χ4v) is 2.45. The molecule has 0 saturated carbocycles. The van der Waals surface area contributed by atoms with Gasteiger partial charge in [0.05, 0.1) is 6.54 Å². The van der Waals surface area contributed by atoms with Gasteiger partial charge in [-0.1, -0.05) is 18.8 Å². The fourth-order valence-electron chi connectivity index (χ4n) is 1.64. The topological polar surface area (TPSA) is 38.0 Å². The second-order valence-electron chi connectivity index (χ2n) is 3.59. The number of aliphatic hydroxyl groups is 1. The van der Waals surface area contributed by atoms with E-state index in [0.717, 1.165) is 24.4 Å². The molecule has 0 aliphatic heterocycles. The first-order valence-electron chi connectivity index (χ1n) is 5.50. The Morgan fingerprint density at radius 1 is 1.53 bits per heavy atom. The van der Waals surface area contributed by atoms with Crippen LogP contribution in [0.3, 0.4) is 0 Å². The minimum atomic E-state index is -0.0906. The summed E-state index contributed by atoms with van der Waals surface area (Å²) in [4.78, 5) is 5.54. The molecule has 2 aromatic heterocycles. The molecule has 0 aliphatic rings. The Labute approximate surface area is 105 Å². The van der Waals surface area contributed by atoms with Gasteiger partial charge in [0.15, 0.2) is 0 Å². The van der Waals surface area contributed by atoms with E-state index in [9.17, 15) is 0 Å². The van der Waals surface area contributed by atoms with Crippen molar-refractivity contribution in [3.05, 3.63) is 40.1 Å². The van der Waals surface area contributed by atoms with E-state index >= 15 is 0 Å². The molecule has 2 rings (SSSR count). The Morgan fingerprint density at radius 2 is 2.41 bits per heavy atom. The van der Waals surface area contributed by atoms with Crippen LogP contribution in [0.2, 0.25) is 0 Å². The highest BCUT2D eigenvalue weighted by molar-refractivity contribution is 7.10.